The lowest BCUT2D eigenvalue weighted by atomic mass is 9.84. The summed E-state index contributed by atoms with van der Waals surface area (Å²) in [7, 11) is -1.08. The topological polar surface area (TPSA) is 47.3 Å². The quantitative estimate of drug-likeness (QED) is 0.557. The highest BCUT2D eigenvalue weighted by atomic mass is 28.3. The van der Waals surface area contributed by atoms with Gasteiger partial charge in [0.1, 0.15) is 12.6 Å². The van der Waals surface area contributed by atoms with Crippen LogP contribution in [0.5, 0.6) is 0 Å². The van der Waals surface area contributed by atoms with Gasteiger partial charge >= 0.3 is 0 Å². The highest BCUT2D eigenvalue weighted by Crippen LogP contribution is 2.36. The molecule has 2 rings (SSSR count). The Hall–Kier alpha value is -1.17. The van der Waals surface area contributed by atoms with E-state index in [-0.39, 0.29) is 5.41 Å². The van der Waals surface area contributed by atoms with Crippen molar-refractivity contribution < 1.29 is 9.84 Å². The summed E-state index contributed by atoms with van der Waals surface area (Å²) in [5.41, 5.74) is 2.62. The Balaban J connectivity index is 2.31. The number of hydrogen-bond acceptors (Lipinski definition) is 3. The van der Waals surface area contributed by atoms with Gasteiger partial charge in [-0.05, 0) is 17.5 Å². The zero-order valence-electron chi connectivity index (χ0n) is 16.9. The van der Waals surface area contributed by atoms with Crippen molar-refractivity contribution in [3.8, 4) is 0 Å². The molecular weight excluding hydrogens is 328 g/mol. The molecule has 1 atom stereocenters. The summed E-state index contributed by atoms with van der Waals surface area (Å²) in [5, 5.41) is 10.8. The van der Waals surface area contributed by atoms with Crippen molar-refractivity contribution in [1.82, 2.24) is 9.55 Å². The molecule has 0 aliphatic heterocycles. The largest absolute Gasteiger partial charge is 0.388 e. The van der Waals surface area contributed by atoms with Gasteiger partial charge in [-0.25, -0.2) is 4.98 Å². The Morgan fingerprint density at radius 1 is 1.24 bits per heavy atom. The van der Waals surface area contributed by atoms with Gasteiger partial charge in [0.25, 0.3) is 0 Å². The molecule has 4 nitrogen and oxygen atoms in total. The molecule has 25 heavy (non-hydrogen) atoms. The van der Waals surface area contributed by atoms with E-state index in [1.165, 1.54) is 0 Å². The van der Waals surface area contributed by atoms with Crippen molar-refractivity contribution >= 4 is 19.1 Å². The number of aromatic nitrogens is 2. The van der Waals surface area contributed by atoms with Gasteiger partial charge in [-0.15, -0.1) is 0 Å². The van der Waals surface area contributed by atoms with Crippen LogP contribution < -0.4 is 0 Å². The van der Waals surface area contributed by atoms with E-state index >= 15 is 0 Å². The lowest BCUT2D eigenvalue weighted by Gasteiger charge is -2.26. The third kappa shape index (κ3) is 4.93. The van der Waals surface area contributed by atoms with Crippen LogP contribution in [0.3, 0.4) is 0 Å². The lowest BCUT2D eigenvalue weighted by molar-refractivity contribution is 0.0638. The number of fused-ring (bicyclic) bond motifs is 1. The summed E-state index contributed by atoms with van der Waals surface area (Å²) in [6, 6.07) is 7.23. The fourth-order valence-corrected chi connectivity index (χ4v) is 3.61. The zero-order valence-corrected chi connectivity index (χ0v) is 17.9. The molecule has 0 saturated carbocycles. The highest BCUT2D eigenvalue weighted by molar-refractivity contribution is 6.76. The van der Waals surface area contributed by atoms with Crippen LogP contribution >= 0.6 is 0 Å². The van der Waals surface area contributed by atoms with Gasteiger partial charge in [-0.2, -0.15) is 0 Å². The zero-order chi connectivity index (χ0) is 18.8. The summed E-state index contributed by atoms with van der Waals surface area (Å²) < 4.78 is 8.12. The van der Waals surface area contributed by atoms with Gasteiger partial charge in [-0.1, -0.05) is 59.5 Å². The van der Waals surface area contributed by atoms with E-state index in [0.717, 1.165) is 41.5 Å². The van der Waals surface area contributed by atoms with Crippen molar-refractivity contribution in [1.29, 1.82) is 0 Å². The molecule has 0 aliphatic carbocycles. The summed E-state index contributed by atoms with van der Waals surface area (Å²) in [6.45, 7) is 16.7. The standard InChI is InChI=1S/C20H34N2O2Si/c1-8-17-21-18-15(19(23)20(2,3)4)10-9-11-16(18)22(17)14-24-12-13-25(5,6)7/h9-11,19,23H,8,12-14H2,1-7H3. The Bertz CT molecular complexity index is 711. The second-order valence-corrected chi connectivity index (χ2v) is 14.8. The molecule has 5 heteroatoms. The minimum Gasteiger partial charge on any atom is -0.388 e. The summed E-state index contributed by atoms with van der Waals surface area (Å²) >= 11 is 0. The first-order valence-electron chi connectivity index (χ1n) is 9.28. The minimum absolute atomic E-state index is 0.224. The second-order valence-electron chi connectivity index (χ2n) is 9.14. The molecule has 0 aliphatic rings. The molecule has 1 unspecified atom stereocenters. The Kier molecular flexibility index (Phi) is 6.12. The third-order valence-corrected chi connectivity index (χ3v) is 6.24. The molecule has 1 N–H and O–H groups in total. The molecule has 140 valence electrons. The maximum Gasteiger partial charge on any atom is 0.124 e. The number of imidazole rings is 1. The lowest BCUT2D eigenvalue weighted by Crippen LogP contribution is -2.22. The monoisotopic (exact) mass is 362 g/mol. The van der Waals surface area contributed by atoms with E-state index in [9.17, 15) is 5.11 Å². The first-order valence-corrected chi connectivity index (χ1v) is 13.0. The number of aliphatic hydroxyl groups excluding tert-OH is 1. The molecule has 2 aromatic rings. The van der Waals surface area contributed by atoms with Gasteiger partial charge in [0.05, 0.1) is 17.1 Å². The molecule has 0 spiro atoms. The predicted molar refractivity (Wildman–Crippen MR) is 108 cm³/mol. The maximum atomic E-state index is 10.8. The first kappa shape index (κ1) is 20.1. The van der Waals surface area contributed by atoms with Gasteiger partial charge in [0, 0.05) is 26.7 Å². The van der Waals surface area contributed by atoms with Crippen molar-refractivity contribution in [3.63, 3.8) is 0 Å². The molecule has 0 fully saturated rings. The average molecular weight is 363 g/mol. The molecule has 0 radical (unpaired) electrons. The van der Waals surface area contributed by atoms with E-state index in [0.29, 0.717) is 6.73 Å². The predicted octanol–water partition coefficient (Wildman–Crippen LogP) is 4.99. The number of nitrogens with zero attached hydrogens (tertiary/aromatic N) is 2. The number of benzene rings is 1. The smallest absolute Gasteiger partial charge is 0.124 e. The van der Waals surface area contributed by atoms with Crippen LogP contribution in [-0.4, -0.2) is 29.3 Å². The molecule has 1 aromatic carbocycles. The minimum atomic E-state index is -1.08. The normalized spacial score (nSPS) is 14.2. The Morgan fingerprint density at radius 2 is 1.92 bits per heavy atom. The Morgan fingerprint density at radius 3 is 2.48 bits per heavy atom. The van der Waals surface area contributed by atoms with Crippen molar-refractivity contribution in [2.24, 2.45) is 5.41 Å². The van der Waals surface area contributed by atoms with E-state index < -0.39 is 14.2 Å². The van der Waals surface area contributed by atoms with Crippen LogP contribution in [-0.2, 0) is 17.9 Å². The van der Waals surface area contributed by atoms with Crippen LogP contribution in [0.15, 0.2) is 18.2 Å². The maximum absolute atomic E-state index is 10.8. The van der Waals surface area contributed by atoms with Gasteiger partial charge in [-0.3, -0.25) is 0 Å². The van der Waals surface area contributed by atoms with E-state index in [2.05, 4.69) is 37.2 Å². The fourth-order valence-electron chi connectivity index (χ4n) is 2.85. The van der Waals surface area contributed by atoms with Crippen LogP contribution in [0.2, 0.25) is 25.7 Å². The van der Waals surface area contributed by atoms with E-state index in [1.807, 2.05) is 32.9 Å². The van der Waals surface area contributed by atoms with Crippen LogP contribution in [0.4, 0.5) is 0 Å². The molecule has 1 heterocycles. The molecular formula is C20H34N2O2Si. The number of ether oxygens (including phenoxy) is 1. The SMILES string of the molecule is CCc1nc2c(C(O)C(C)(C)C)cccc2n1COCC[Si](C)(C)C. The van der Waals surface area contributed by atoms with Crippen molar-refractivity contribution in [2.45, 2.75) is 72.6 Å². The second kappa shape index (κ2) is 7.60. The number of aliphatic hydroxyl groups is 1. The van der Waals surface area contributed by atoms with Crippen molar-refractivity contribution in [2.75, 3.05) is 6.61 Å². The van der Waals surface area contributed by atoms with Crippen LogP contribution in [0.25, 0.3) is 11.0 Å². The van der Waals surface area contributed by atoms with Crippen LogP contribution in [0.1, 0.15) is 45.2 Å². The number of hydrogen-bond donors (Lipinski definition) is 1. The summed E-state index contributed by atoms with van der Waals surface area (Å²) in [6.07, 6.45) is 0.300. The first-order chi connectivity index (χ1) is 11.5. The van der Waals surface area contributed by atoms with Crippen molar-refractivity contribution in [3.05, 3.63) is 29.6 Å². The van der Waals surface area contributed by atoms with Gasteiger partial charge < -0.3 is 14.4 Å². The van der Waals surface area contributed by atoms with E-state index in [4.69, 9.17) is 9.72 Å². The average Bonchev–Trinajstić information content (AvgIpc) is 2.86. The molecule has 1 aromatic heterocycles. The number of para-hydroxylation sites is 1. The van der Waals surface area contributed by atoms with E-state index in [1.54, 1.807) is 0 Å². The molecule has 0 amide bonds. The highest BCUT2D eigenvalue weighted by Gasteiger charge is 2.27. The summed E-state index contributed by atoms with van der Waals surface area (Å²) in [4.78, 5) is 4.82. The number of rotatable bonds is 7. The molecule has 0 bridgehead atoms. The summed E-state index contributed by atoms with van der Waals surface area (Å²) in [5.74, 6) is 1.01. The van der Waals surface area contributed by atoms with Gasteiger partial charge in [0.15, 0.2) is 0 Å². The molecule has 0 saturated heterocycles. The van der Waals surface area contributed by atoms with Gasteiger partial charge in [0.2, 0.25) is 0 Å². The van der Waals surface area contributed by atoms with Crippen LogP contribution in [0, 0.1) is 5.41 Å². The third-order valence-electron chi connectivity index (χ3n) is 4.54. The Labute approximate surface area is 153 Å². The fraction of sp³-hybridized carbons (Fsp3) is 0.650. The number of aryl methyl sites for hydroxylation is 1.